The summed E-state index contributed by atoms with van der Waals surface area (Å²) in [5.74, 6) is 0.795. The van der Waals surface area contributed by atoms with Crippen LogP contribution >= 0.6 is 11.3 Å². The number of thiophene rings is 1. The normalized spacial score (nSPS) is 13.5. The van der Waals surface area contributed by atoms with E-state index in [1.807, 2.05) is 16.0 Å². The van der Waals surface area contributed by atoms with Crippen molar-refractivity contribution in [2.75, 3.05) is 0 Å². The van der Waals surface area contributed by atoms with Gasteiger partial charge in [0.25, 0.3) is 0 Å². The highest BCUT2D eigenvalue weighted by atomic mass is 32.1. The number of rotatable bonds is 1. The molecular weight excluding hydrogens is 278 g/mol. The third-order valence-electron chi connectivity index (χ3n) is 3.24. The highest BCUT2D eigenvalue weighted by Crippen LogP contribution is 2.34. The fraction of sp³-hybridized carbons (Fsp3) is 0.0909. The van der Waals surface area contributed by atoms with Gasteiger partial charge in [0, 0.05) is 0 Å². The minimum Gasteiger partial charge on any atom is -0.409 e. The molecule has 3 N–H and O–H groups in total. The number of imidazole rings is 1. The van der Waals surface area contributed by atoms with Crippen molar-refractivity contribution in [2.24, 2.45) is 10.9 Å². The van der Waals surface area contributed by atoms with Crippen molar-refractivity contribution >= 4 is 17.2 Å². The molecule has 0 bridgehead atoms. The SMILES string of the molecule is NC(=NO)c1ncn2c1Cn1ncnc1-c1sccc1-2. The van der Waals surface area contributed by atoms with Crippen LogP contribution in [0.1, 0.15) is 11.4 Å². The lowest BCUT2D eigenvalue weighted by Crippen LogP contribution is -2.18. The summed E-state index contributed by atoms with van der Waals surface area (Å²) in [6, 6.07) is 1.99. The largest absolute Gasteiger partial charge is 0.409 e. The third kappa shape index (κ3) is 1.35. The molecule has 4 heterocycles. The lowest BCUT2D eigenvalue weighted by molar-refractivity contribution is 0.318. The van der Waals surface area contributed by atoms with E-state index in [1.165, 1.54) is 6.33 Å². The Balaban J connectivity index is 2.04. The van der Waals surface area contributed by atoms with E-state index in [9.17, 15) is 0 Å². The number of oxime groups is 1. The van der Waals surface area contributed by atoms with Gasteiger partial charge in [0.2, 0.25) is 0 Å². The first kappa shape index (κ1) is 11.2. The molecule has 1 aliphatic rings. The fourth-order valence-electron chi connectivity index (χ4n) is 2.35. The van der Waals surface area contributed by atoms with Crippen LogP contribution in [-0.2, 0) is 6.54 Å². The van der Waals surface area contributed by atoms with E-state index in [0.29, 0.717) is 12.2 Å². The summed E-state index contributed by atoms with van der Waals surface area (Å²) in [5.41, 5.74) is 7.92. The predicted molar refractivity (Wildman–Crippen MR) is 72.1 cm³/mol. The number of hydrogen-bond acceptors (Lipinski definition) is 6. The van der Waals surface area contributed by atoms with Crippen molar-refractivity contribution in [3.63, 3.8) is 0 Å². The Labute approximate surface area is 116 Å². The van der Waals surface area contributed by atoms with Gasteiger partial charge in [-0.15, -0.1) is 11.3 Å². The van der Waals surface area contributed by atoms with E-state index in [-0.39, 0.29) is 5.84 Å². The second-order valence-corrected chi connectivity index (χ2v) is 5.19. The predicted octanol–water partition coefficient (Wildman–Crippen LogP) is 0.648. The van der Waals surface area contributed by atoms with Crippen molar-refractivity contribution in [2.45, 2.75) is 6.54 Å². The highest BCUT2D eigenvalue weighted by molar-refractivity contribution is 7.14. The van der Waals surface area contributed by atoms with Crippen LogP contribution in [0.4, 0.5) is 0 Å². The highest BCUT2D eigenvalue weighted by Gasteiger charge is 2.25. The minimum atomic E-state index is -0.0147. The standard InChI is InChI=1S/C11H9N7OS/c12-10(16-19)8-7-3-18-11(13-4-15-18)9-6(1-2-20-9)17(7)5-14-8/h1-2,4-5,19H,3H2,(H2,12,16). The fourth-order valence-corrected chi connectivity index (χ4v) is 3.23. The van der Waals surface area contributed by atoms with Gasteiger partial charge in [0.15, 0.2) is 11.7 Å². The Morgan fingerprint density at radius 1 is 1.45 bits per heavy atom. The van der Waals surface area contributed by atoms with E-state index in [4.69, 9.17) is 10.9 Å². The Bertz CT molecular complexity index is 828. The molecule has 0 spiro atoms. The van der Waals surface area contributed by atoms with Crippen LogP contribution in [0.3, 0.4) is 0 Å². The van der Waals surface area contributed by atoms with E-state index in [0.717, 1.165) is 22.1 Å². The van der Waals surface area contributed by atoms with Gasteiger partial charge in [-0.2, -0.15) is 5.10 Å². The second kappa shape index (κ2) is 3.90. The summed E-state index contributed by atoms with van der Waals surface area (Å²) < 4.78 is 3.71. The first-order valence-corrected chi connectivity index (χ1v) is 6.67. The average Bonchev–Trinajstić information content (AvgIpc) is 3.15. The zero-order valence-electron chi connectivity index (χ0n) is 10.1. The molecule has 8 nitrogen and oxygen atoms in total. The van der Waals surface area contributed by atoms with Crippen LogP contribution in [0.2, 0.25) is 0 Å². The van der Waals surface area contributed by atoms with E-state index in [1.54, 1.807) is 22.3 Å². The molecule has 0 amide bonds. The van der Waals surface area contributed by atoms with Gasteiger partial charge in [-0.25, -0.2) is 14.6 Å². The van der Waals surface area contributed by atoms with E-state index < -0.39 is 0 Å². The van der Waals surface area contributed by atoms with Crippen molar-refractivity contribution in [1.29, 1.82) is 0 Å². The molecule has 9 heteroatoms. The summed E-state index contributed by atoms with van der Waals surface area (Å²) in [4.78, 5) is 9.56. The first-order valence-electron chi connectivity index (χ1n) is 5.79. The summed E-state index contributed by atoms with van der Waals surface area (Å²) in [6.07, 6.45) is 3.19. The lowest BCUT2D eigenvalue weighted by Gasteiger charge is -2.05. The number of hydrogen-bond donors (Lipinski definition) is 2. The number of nitrogens with zero attached hydrogens (tertiary/aromatic N) is 6. The summed E-state index contributed by atoms with van der Waals surface area (Å²) in [7, 11) is 0. The van der Waals surface area contributed by atoms with Crippen LogP contribution in [0.5, 0.6) is 0 Å². The minimum absolute atomic E-state index is 0.0147. The molecular formula is C11H9N7OS. The van der Waals surface area contributed by atoms with Crippen LogP contribution in [-0.4, -0.2) is 35.4 Å². The second-order valence-electron chi connectivity index (χ2n) is 4.27. The molecule has 0 radical (unpaired) electrons. The van der Waals surface area contributed by atoms with Gasteiger partial charge in [0.05, 0.1) is 22.8 Å². The molecule has 3 aromatic heterocycles. The Kier molecular flexibility index (Phi) is 2.18. The summed E-state index contributed by atoms with van der Waals surface area (Å²) in [5, 5.41) is 18.1. The van der Waals surface area contributed by atoms with Crippen molar-refractivity contribution < 1.29 is 5.21 Å². The smallest absolute Gasteiger partial charge is 0.190 e. The van der Waals surface area contributed by atoms with Crippen molar-refractivity contribution in [1.82, 2.24) is 24.3 Å². The molecule has 0 saturated heterocycles. The molecule has 100 valence electrons. The zero-order valence-corrected chi connectivity index (χ0v) is 10.9. The maximum absolute atomic E-state index is 8.87. The molecule has 0 aliphatic carbocycles. The van der Waals surface area contributed by atoms with Crippen molar-refractivity contribution in [3.8, 4) is 16.4 Å². The summed E-state index contributed by atoms with van der Waals surface area (Å²) in [6.45, 7) is 0.461. The van der Waals surface area contributed by atoms with Gasteiger partial charge < -0.3 is 10.9 Å². The quantitative estimate of drug-likeness (QED) is 0.231. The number of nitrogens with two attached hydrogens (primary N) is 1. The molecule has 0 unspecified atom stereocenters. The van der Waals surface area contributed by atoms with Gasteiger partial charge in [0.1, 0.15) is 18.3 Å². The third-order valence-corrected chi connectivity index (χ3v) is 4.14. The average molecular weight is 287 g/mol. The van der Waals surface area contributed by atoms with Gasteiger partial charge in [-0.1, -0.05) is 5.16 Å². The molecule has 0 fully saturated rings. The molecule has 0 saturated carbocycles. The van der Waals surface area contributed by atoms with Crippen LogP contribution in [0.25, 0.3) is 16.4 Å². The number of fused-ring (bicyclic) bond motifs is 5. The molecule has 4 rings (SSSR count). The van der Waals surface area contributed by atoms with Gasteiger partial charge >= 0.3 is 0 Å². The first-order chi connectivity index (χ1) is 9.79. The van der Waals surface area contributed by atoms with Crippen LogP contribution in [0.15, 0.2) is 29.3 Å². The lowest BCUT2D eigenvalue weighted by atomic mass is 10.3. The van der Waals surface area contributed by atoms with E-state index in [2.05, 4.69) is 20.2 Å². The molecule has 3 aromatic rings. The molecule has 20 heavy (non-hydrogen) atoms. The van der Waals surface area contributed by atoms with Gasteiger partial charge in [-0.3, -0.25) is 4.57 Å². The zero-order chi connectivity index (χ0) is 13.7. The molecule has 1 aliphatic heterocycles. The van der Waals surface area contributed by atoms with Crippen LogP contribution < -0.4 is 5.73 Å². The van der Waals surface area contributed by atoms with Crippen molar-refractivity contribution in [3.05, 3.63) is 35.5 Å². The molecule has 0 atom stereocenters. The Hall–Kier alpha value is -2.68. The Morgan fingerprint density at radius 2 is 2.35 bits per heavy atom. The molecule has 0 aromatic carbocycles. The Morgan fingerprint density at radius 3 is 3.20 bits per heavy atom. The topological polar surface area (TPSA) is 107 Å². The number of amidine groups is 1. The number of aromatic nitrogens is 5. The maximum Gasteiger partial charge on any atom is 0.190 e. The monoisotopic (exact) mass is 287 g/mol. The van der Waals surface area contributed by atoms with Crippen LogP contribution in [0, 0.1) is 0 Å². The summed E-state index contributed by atoms with van der Waals surface area (Å²) >= 11 is 1.59. The maximum atomic E-state index is 8.87. The van der Waals surface area contributed by atoms with E-state index >= 15 is 0 Å². The van der Waals surface area contributed by atoms with Gasteiger partial charge in [-0.05, 0) is 11.4 Å².